The Morgan fingerprint density at radius 3 is 1.04 bits per heavy atom. The topological polar surface area (TPSA) is 18.5 Å². The average Bonchev–Trinajstić information content (AvgIpc) is 2.99. The summed E-state index contributed by atoms with van der Waals surface area (Å²) in [7, 11) is 0. The molecule has 0 bridgehead atoms. The van der Waals surface area contributed by atoms with E-state index in [0.717, 1.165) is 44.2 Å². The van der Waals surface area contributed by atoms with Gasteiger partial charge in [0.25, 0.3) is 0 Å². The van der Waals surface area contributed by atoms with Crippen molar-refractivity contribution in [3.05, 3.63) is 0 Å². The van der Waals surface area contributed by atoms with Gasteiger partial charge in [0, 0.05) is 26.4 Å². The van der Waals surface area contributed by atoms with Crippen LogP contribution >= 0.6 is 0 Å². The maximum Gasteiger partial charge on any atom is 0.0500 e. The minimum atomic E-state index is 0.455. The predicted molar refractivity (Wildman–Crippen MR) is 118 cm³/mol. The second kappa shape index (κ2) is 10.6. The van der Waals surface area contributed by atoms with Gasteiger partial charge in [0.1, 0.15) is 0 Å². The Labute approximate surface area is 171 Å². The summed E-state index contributed by atoms with van der Waals surface area (Å²) in [5.74, 6) is 2.70. The van der Waals surface area contributed by atoms with Crippen LogP contribution in [0.2, 0.25) is 0 Å². The molecular weight excluding hydrogens is 332 g/mol. The molecule has 0 aromatic carbocycles. The summed E-state index contributed by atoms with van der Waals surface area (Å²) in [6, 6.07) is 0. The Hall–Kier alpha value is -0.0800. The molecule has 2 heterocycles. The highest BCUT2D eigenvalue weighted by Crippen LogP contribution is 2.40. The molecule has 0 N–H and O–H groups in total. The molecule has 0 aromatic heterocycles. The van der Waals surface area contributed by atoms with Crippen molar-refractivity contribution >= 4 is 0 Å². The van der Waals surface area contributed by atoms with Crippen LogP contribution in [0.25, 0.3) is 0 Å². The molecule has 0 radical (unpaired) electrons. The van der Waals surface area contributed by atoms with Crippen molar-refractivity contribution < 1.29 is 9.47 Å². The molecule has 1 aliphatic carbocycles. The van der Waals surface area contributed by atoms with Crippen LogP contribution in [0.15, 0.2) is 0 Å². The molecule has 2 saturated heterocycles. The summed E-state index contributed by atoms with van der Waals surface area (Å²) in [4.78, 5) is 0. The van der Waals surface area contributed by atoms with Gasteiger partial charge in [0.15, 0.2) is 0 Å². The Bertz CT molecular complexity index is 378. The smallest absolute Gasteiger partial charge is 0.0500 e. The van der Waals surface area contributed by atoms with Crippen molar-refractivity contribution in [2.45, 2.75) is 101 Å². The Balaban J connectivity index is 0.000000204. The fourth-order valence-electron chi connectivity index (χ4n) is 4.06. The van der Waals surface area contributed by atoms with E-state index in [0.29, 0.717) is 16.2 Å². The molecule has 1 unspecified atom stereocenters. The Morgan fingerprint density at radius 1 is 0.481 bits per heavy atom. The first-order chi connectivity index (χ1) is 12.3. The van der Waals surface area contributed by atoms with Crippen LogP contribution in [0.5, 0.6) is 0 Å². The van der Waals surface area contributed by atoms with Gasteiger partial charge in [-0.2, -0.15) is 0 Å². The second-order valence-electron chi connectivity index (χ2n) is 12.2. The number of hydrogen-bond donors (Lipinski definition) is 0. The molecule has 1 saturated carbocycles. The van der Waals surface area contributed by atoms with Gasteiger partial charge in [-0.05, 0) is 66.1 Å². The van der Waals surface area contributed by atoms with Crippen LogP contribution in [0, 0.1) is 34.0 Å². The standard InChI is InChI=1S/C9H18O.C8H16O.C8H16/c1-9(2,3)8-4-6-10-7-5-8;1-8(2,3)7-4-5-9-6-7;1-8(2,3)7-5-4-6-7/h8H,4-7H2,1-3H3;7H,4-6H2,1-3H3;7H,4-6H2,1-3H3. The third-order valence-corrected chi connectivity index (χ3v) is 6.93. The molecule has 3 aliphatic rings. The Morgan fingerprint density at radius 2 is 0.852 bits per heavy atom. The van der Waals surface area contributed by atoms with E-state index in [-0.39, 0.29) is 0 Å². The van der Waals surface area contributed by atoms with Gasteiger partial charge in [-0.1, -0.05) is 68.7 Å². The van der Waals surface area contributed by atoms with Crippen molar-refractivity contribution in [2.24, 2.45) is 34.0 Å². The molecule has 0 aromatic rings. The maximum absolute atomic E-state index is 5.29. The summed E-state index contributed by atoms with van der Waals surface area (Å²) >= 11 is 0. The molecule has 2 nitrogen and oxygen atoms in total. The van der Waals surface area contributed by atoms with E-state index in [1.807, 2.05) is 0 Å². The molecule has 2 heteroatoms. The molecule has 27 heavy (non-hydrogen) atoms. The largest absolute Gasteiger partial charge is 0.381 e. The lowest BCUT2D eigenvalue weighted by Crippen LogP contribution is -2.27. The molecule has 0 spiro atoms. The first-order valence-corrected chi connectivity index (χ1v) is 11.5. The van der Waals surface area contributed by atoms with E-state index in [1.54, 1.807) is 0 Å². The van der Waals surface area contributed by atoms with Gasteiger partial charge in [-0.15, -0.1) is 0 Å². The molecule has 1 atom stereocenters. The predicted octanol–water partition coefficient (Wildman–Crippen LogP) is 7.36. The lowest BCUT2D eigenvalue weighted by Gasteiger charge is -2.37. The van der Waals surface area contributed by atoms with Crippen molar-refractivity contribution in [1.29, 1.82) is 0 Å². The van der Waals surface area contributed by atoms with Gasteiger partial charge in [-0.25, -0.2) is 0 Å². The first kappa shape index (κ1) is 25.0. The van der Waals surface area contributed by atoms with Crippen LogP contribution in [0.4, 0.5) is 0 Å². The zero-order chi connectivity index (χ0) is 20.7. The van der Waals surface area contributed by atoms with Crippen LogP contribution in [-0.2, 0) is 9.47 Å². The van der Waals surface area contributed by atoms with E-state index >= 15 is 0 Å². The van der Waals surface area contributed by atoms with Crippen molar-refractivity contribution in [3.8, 4) is 0 Å². The second-order valence-corrected chi connectivity index (χ2v) is 12.2. The van der Waals surface area contributed by atoms with Crippen LogP contribution in [0.3, 0.4) is 0 Å². The minimum absolute atomic E-state index is 0.455. The number of hydrogen-bond acceptors (Lipinski definition) is 2. The quantitative estimate of drug-likeness (QED) is 0.435. The normalized spacial score (nSPS) is 25.0. The van der Waals surface area contributed by atoms with E-state index in [4.69, 9.17) is 9.47 Å². The average molecular weight is 383 g/mol. The molecule has 0 amide bonds. The minimum Gasteiger partial charge on any atom is -0.381 e. The Kier molecular flexibility index (Phi) is 9.82. The highest BCUT2D eigenvalue weighted by Gasteiger charge is 2.29. The van der Waals surface area contributed by atoms with Gasteiger partial charge in [0.2, 0.25) is 0 Å². The van der Waals surface area contributed by atoms with Crippen molar-refractivity contribution in [3.63, 3.8) is 0 Å². The molecule has 3 fully saturated rings. The highest BCUT2D eigenvalue weighted by atomic mass is 16.5. The van der Waals surface area contributed by atoms with Crippen LogP contribution in [-0.4, -0.2) is 26.4 Å². The number of ether oxygens (including phenoxy) is 2. The zero-order valence-electron chi connectivity index (χ0n) is 20.1. The van der Waals surface area contributed by atoms with E-state index in [2.05, 4.69) is 62.3 Å². The summed E-state index contributed by atoms with van der Waals surface area (Å²) in [5.41, 5.74) is 1.54. The van der Waals surface area contributed by atoms with E-state index < -0.39 is 0 Å². The monoisotopic (exact) mass is 382 g/mol. The fourth-order valence-corrected chi connectivity index (χ4v) is 4.06. The maximum atomic E-state index is 5.29. The van der Waals surface area contributed by atoms with Crippen LogP contribution in [0.1, 0.15) is 101 Å². The van der Waals surface area contributed by atoms with E-state index in [9.17, 15) is 0 Å². The van der Waals surface area contributed by atoms with Gasteiger partial charge >= 0.3 is 0 Å². The SMILES string of the molecule is CC(C)(C)C1CCC1.CC(C)(C)C1CCOC1.CC(C)(C)C1CCOCC1. The van der Waals surface area contributed by atoms with Crippen molar-refractivity contribution in [2.75, 3.05) is 26.4 Å². The molecular formula is C25H50O2. The third-order valence-electron chi connectivity index (χ3n) is 6.93. The molecule has 162 valence electrons. The zero-order valence-corrected chi connectivity index (χ0v) is 20.1. The fraction of sp³-hybridized carbons (Fsp3) is 1.00. The molecule has 3 rings (SSSR count). The third kappa shape index (κ3) is 9.79. The van der Waals surface area contributed by atoms with Gasteiger partial charge < -0.3 is 9.47 Å². The summed E-state index contributed by atoms with van der Waals surface area (Å²) in [6.07, 6.45) is 8.19. The first-order valence-electron chi connectivity index (χ1n) is 11.5. The summed E-state index contributed by atoms with van der Waals surface area (Å²) < 4.78 is 10.6. The summed E-state index contributed by atoms with van der Waals surface area (Å²) in [6.45, 7) is 24.7. The lowest BCUT2D eigenvalue weighted by atomic mass is 9.69. The van der Waals surface area contributed by atoms with Gasteiger partial charge in [-0.3, -0.25) is 0 Å². The van der Waals surface area contributed by atoms with Gasteiger partial charge in [0.05, 0.1) is 0 Å². The molecule has 2 aliphatic heterocycles. The highest BCUT2D eigenvalue weighted by molar-refractivity contribution is 4.80. The number of rotatable bonds is 0. The van der Waals surface area contributed by atoms with E-state index in [1.165, 1.54) is 38.5 Å². The van der Waals surface area contributed by atoms with Crippen LogP contribution < -0.4 is 0 Å². The lowest BCUT2D eigenvalue weighted by molar-refractivity contribution is 0.0286. The summed E-state index contributed by atoms with van der Waals surface area (Å²) in [5, 5.41) is 0. The van der Waals surface area contributed by atoms with Crippen molar-refractivity contribution in [1.82, 2.24) is 0 Å².